The Morgan fingerprint density at radius 2 is 1.89 bits per heavy atom. The molecule has 0 saturated heterocycles. The lowest BCUT2D eigenvalue weighted by Gasteiger charge is -2.23. The fourth-order valence-corrected chi connectivity index (χ4v) is 2.21. The summed E-state index contributed by atoms with van der Waals surface area (Å²) in [6, 6.07) is 12.0. The first kappa shape index (κ1) is 13.0. The van der Waals surface area contributed by atoms with E-state index in [0.29, 0.717) is 0 Å². The number of para-hydroxylation sites is 1. The number of pyridine rings is 1. The fraction of sp³-hybridized carbons (Fsp3) is 0.438. The highest BCUT2D eigenvalue weighted by Gasteiger charge is 2.24. The summed E-state index contributed by atoms with van der Waals surface area (Å²) in [5.41, 5.74) is 0.905. The third kappa shape index (κ3) is 2.88. The molecule has 2 aromatic rings. The Bertz CT molecular complexity index is 519. The standard InChI is InChI=1S/C16H21NO/c1-3-4-7-12-16(2,18)15-11-10-13-8-5-6-9-14(13)17-15/h5-6,8-11,18H,3-4,7,12H2,1-2H3. The molecule has 2 nitrogen and oxygen atoms in total. The van der Waals surface area contributed by atoms with Crippen molar-refractivity contribution in [1.82, 2.24) is 4.98 Å². The Kier molecular flexibility index (Phi) is 3.97. The number of aromatic nitrogens is 1. The molecule has 1 aromatic carbocycles. The van der Waals surface area contributed by atoms with Crippen molar-refractivity contribution in [2.45, 2.75) is 45.1 Å². The average Bonchev–Trinajstić information content (AvgIpc) is 2.38. The maximum absolute atomic E-state index is 10.5. The third-order valence-electron chi connectivity index (χ3n) is 3.42. The van der Waals surface area contributed by atoms with Gasteiger partial charge in [-0.1, -0.05) is 50.5 Å². The van der Waals surface area contributed by atoms with Crippen LogP contribution in [0.4, 0.5) is 0 Å². The Hall–Kier alpha value is -1.41. The van der Waals surface area contributed by atoms with Crippen molar-refractivity contribution >= 4 is 10.9 Å². The molecule has 0 spiro atoms. The minimum Gasteiger partial charge on any atom is -0.384 e. The minimum atomic E-state index is -0.820. The van der Waals surface area contributed by atoms with Crippen LogP contribution in [0.1, 0.15) is 45.2 Å². The summed E-state index contributed by atoms with van der Waals surface area (Å²) in [4.78, 5) is 4.58. The fourth-order valence-electron chi connectivity index (χ4n) is 2.21. The highest BCUT2D eigenvalue weighted by atomic mass is 16.3. The molecule has 1 unspecified atom stereocenters. The second kappa shape index (κ2) is 5.49. The van der Waals surface area contributed by atoms with Crippen molar-refractivity contribution in [3.05, 3.63) is 42.1 Å². The first-order chi connectivity index (χ1) is 8.63. The number of rotatable bonds is 5. The van der Waals surface area contributed by atoms with Gasteiger partial charge in [0.05, 0.1) is 11.2 Å². The number of nitrogens with zero attached hydrogens (tertiary/aromatic N) is 1. The summed E-state index contributed by atoms with van der Waals surface area (Å²) in [6.07, 6.45) is 4.13. The molecule has 1 atom stereocenters. The van der Waals surface area contributed by atoms with E-state index in [1.165, 1.54) is 6.42 Å². The van der Waals surface area contributed by atoms with E-state index >= 15 is 0 Å². The first-order valence-electron chi connectivity index (χ1n) is 6.72. The lowest BCUT2D eigenvalue weighted by molar-refractivity contribution is 0.0408. The van der Waals surface area contributed by atoms with Gasteiger partial charge in [0.2, 0.25) is 0 Å². The Morgan fingerprint density at radius 3 is 2.67 bits per heavy atom. The van der Waals surface area contributed by atoms with Crippen LogP contribution in [-0.4, -0.2) is 10.1 Å². The van der Waals surface area contributed by atoms with Crippen LogP contribution < -0.4 is 0 Å². The first-order valence-corrected chi connectivity index (χ1v) is 6.72. The molecule has 0 bridgehead atoms. The number of unbranched alkanes of at least 4 members (excludes halogenated alkanes) is 2. The predicted molar refractivity (Wildman–Crippen MR) is 75.5 cm³/mol. The molecule has 18 heavy (non-hydrogen) atoms. The largest absolute Gasteiger partial charge is 0.384 e. The lowest BCUT2D eigenvalue weighted by Crippen LogP contribution is -2.22. The van der Waals surface area contributed by atoms with Crippen LogP contribution in [0.25, 0.3) is 10.9 Å². The van der Waals surface area contributed by atoms with E-state index in [4.69, 9.17) is 0 Å². The summed E-state index contributed by atoms with van der Waals surface area (Å²) in [6.45, 7) is 4.03. The maximum atomic E-state index is 10.5. The Labute approximate surface area is 109 Å². The molecule has 0 amide bonds. The van der Waals surface area contributed by atoms with E-state index in [2.05, 4.69) is 11.9 Å². The van der Waals surface area contributed by atoms with Crippen molar-refractivity contribution in [2.24, 2.45) is 0 Å². The van der Waals surface area contributed by atoms with Crippen LogP contribution in [0.5, 0.6) is 0 Å². The van der Waals surface area contributed by atoms with Gasteiger partial charge in [-0.15, -0.1) is 0 Å². The van der Waals surface area contributed by atoms with Crippen molar-refractivity contribution in [1.29, 1.82) is 0 Å². The third-order valence-corrected chi connectivity index (χ3v) is 3.42. The van der Waals surface area contributed by atoms with Crippen molar-refractivity contribution in [3.63, 3.8) is 0 Å². The van der Waals surface area contributed by atoms with E-state index in [1.807, 2.05) is 43.3 Å². The number of hydrogen-bond acceptors (Lipinski definition) is 2. The van der Waals surface area contributed by atoms with E-state index in [-0.39, 0.29) is 0 Å². The van der Waals surface area contributed by atoms with E-state index in [9.17, 15) is 5.11 Å². The van der Waals surface area contributed by atoms with Gasteiger partial charge in [0, 0.05) is 5.39 Å². The van der Waals surface area contributed by atoms with Crippen molar-refractivity contribution in [2.75, 3.05) is 0 Å². The van der Waals surface area contributed by atoms with Crippen LogP contribution in [0.15, 0.2) is 36.4 Å². The summed E-state index contributed by atoms with van der Waals surface area (Å²) >= 11 is 0. The predicted octanol–water partition coefficient (Wildman–Crippen LogP) is 4.02. The van der Waals surface area contributed by atoms with Gasteiger partial charge in [-0.25, -0.2) is 4.98 Å². The molecule has 0 radical (unpaired) electrons. The van der Waals surface area contributed by atoms with Crippen LogP contribution in [0.2, 0.25) is 0 Å². The molecule has 1 heterocycles. The van der Waals surface area contributed by atoms with Crippen molar-refractivity contribution in [3.8, 4) is 0 Å². The zero-order valence-corrected chi connectivity index (χ0v) is 11.2. The molecule has 96 valence electrons. The van der Waals surface area contributed by atoms with Gasteiger partial charge >= 0.3 is 0 Å². The topological polar surface area (TPSA) is 33.1 Å². The van der Waals surface area contributed by atoms with E-state index in [0.717, 1.165) is 35.9 Å². The second-order valence-electron chi connectivity index (χ2n) is 5.12. The van der Waals surface area contributed by atoms with Gasteiger partial charge in [0.15, 0.2) is 0 Å². The number of hydrogen-bond donors (Lipinski definition) is 1. The van der Waals surface area contributed by atoms with Gasteiger partial charge in [-0.3, -0.25) is 0 Å². The number of aliphatic hydroxyl groups is 1. The summed E-state index contributed by atoms with van der Waals surface area (Å²) in [5, 5.41) is 11.6. The van der Waals surface area contributed by atoms with Gasteiger partial charge in [0.1, 0.15) is 5.60 Å². The molecule has 2 rings (SSSR count). The molecule has 0 aliphatic rings. The molecule has 2 heteroatoms. The normalized spacial score (nSPS) is 14.6. The van der Waals surface area contributed by atoms with Gasteiger partial charge in [0.25, 0.3) is 0 Å². The zero-order chi connectivity index (χ0) is 13.0. The van der Waals surface area contributed by atoms with E-state index < -0.39 is 5.60 Å². The van der Waals surface area contributed by atoms with Crippen LogP contribution in [0, 0.1) is 0 Å². The SMILES string of the molecule is CCCCCC(C)(O)c1ccc2ccccc2n1. The smallest absolute Gasteiger partial charge is 0.104 e. The number of fused-ring (bicyclic) bond motifs is 1. The molecule has 0 saturated carbocycles. The highest BCUT2D eigenvalue weighted by molar-refractivity contribution is 5.78. The van der Waals surface area contributed by atoms with Crippen LogP contribution in [-0.2, 0) is 5.60 Å². The lowest BCUT2D eigenvalue weighted by atomic mass is 9.94. The monoisotopic (exact) mass is 243 g/mol. The summed E-state index contributed by atoms with van der Waals surface area (Å²) in [5.74, 6) is 0. The van der Waals surface area contributed by atoms with Crippen LogP contribution >= 0.6 is 0 Å². The molecule has 0 aliphatic carbocycles. The quantitative estimate of drug-likeness (QED) is 0.804. The average molecular weight is 243 g/mol. The molecule has 1 N–H and O–H groups in total. The van der Waals surface area contributed by atoms with Gasteiger partial charge in [-0.2, -0.15) is 0 Å². The van der Waals surface area contributed by atoms with Crippen molar-refractivity contribution < 1.29 is 5.11 Å². The molecule has 0 aliphatic heterocycles. The second-order valence-corrected chi connectivity index (χ2v) is 5.12. The molecule has 0 fully saturated rings. The molecular weight excluding hydrogens is 222 g/mol. The Morgan fingerprint density at radius 1 is 1.11 bits per heavy atom. The van der Waals surface area contributed by atoms with Gasteiger partial charge in [-0.05, 0) is 25.5 Å². The van der Waals surface area contributed by atoms with Gasteiger partial charge < -0.3 is 5.11 Å². The van der Waals surface area contributed by atoms with E-state index in [1.54, 1.807) is 0 Å². The summed E-state index contributed by atoms with van der Waals surface area (Å²) in [7, 11) is 0. The summed E-state index contributed by atoms with van der Waals surface area (Å²) < 4.78 is 0. The Balaban J connectivity index is 2.23. The molecule has 1 aromatic heterocycles. The maximum Gasteiger partial charge on any atom is 0.104 e. The highest BCUT2D eigenvalue weighted by Crippen LogP contribution is 2.26. The molecular formula is C16H21NO. The zero-order valence-electron chi connectivity index (χ0n) is 11.2. The van der Waals surface area contributed by atoms with Crippen LogP contribution in [0.3, 0.4) is 0 Å². The minimum absolute atomic E-state index is 0.770. The number of benzene rings is 1.